The molecule has 17 heavy (non-hydrogen) atoms. The Labute approximate surface area is 107 Å². The highest BCUT2D eigenvalue weighted by Crippen LogP contribution is 2.30. The number of ether oxygens (including phenoxy) is 1. The van der Waals surface area contributed by atoms with Crippen LogP contribution in [0.3, 0.4) is 0 Å². The third kappa shape index (κ3) is 2.76. The molecular formula is C11H12N2O2S2. The predicted octanol–water partition coefficient (Wildman–Crippen LogP) is 2.52. The lowest BCUT2D eigenvalue weighted by Gasteiger charge is -2.00. The number of esters is 1. The zero-order chi connectivity index (χ0) is 12.3. The quantitative estimate of drug-likeness (QED) is 0.484. The first kappa shape index (κ1) is 12.3. The summed E-state index contributed by atoms with van der Waals surface area (Å²) >= 11 is 3.06. The number of aromatic nitrogens is 2. The number of carbonyl (C=O) groups is 1. The van der Waals surface area contributed by atoms with Crippen LogP contribution < -0.4 is 0 Å². The van der Waals surface area contributed by atoms with Crippen molar-refractivity contribution in [1.29, 1.82) is 0 Å². The van der Waals surface area contributed by atoms with E-state index < -0.39 is 0 Å². The molecule has 0 aliphatic rings. The summed E-state index contributed by atoms with van der Waals surface area (Å²) in [4.78, 5) is 21.8. The zero-order valence-electron chi connectivity index (χ0n) is 9.60. The van der Waals surface area contributed by atoms with E-state index >= 15 is 0 Å². The van der Waals surface area contributed by atoms with Crippen LogP contribution in [0.25, 0.3) is 10.2 Å². The number of methoxy groups -OCH3 is 1. The van der Waals surface area contributed by atoms with Crippen LogP contribution in [0, 0.1) is 0 Å². The van der Waals surface area contributed by atoms with E-state index in [2.05, 4.69) is 27.7 Å². The fourth-order valence-corrected chi connectivity index (χ4v) is 3.16. The minimum absolute atomic E-state index is 0.243. The number of hydrogen-bond acceptors (Lipinski definition) is 6. The lowest BCUT2D eigenvalue weighted by Crippen LogP contribution is -2.03. The van der Waals surface area contributed by atoms with Gasteiger partial charge in [-0.05, 0) is 12.5 Å². The maximum Gasteiger partial charge on any atom is 0.316 e. The molecule has 0 saturated carbocycles. The number of hydrogen-bond donors (Lipinski definition) is 0. The fraction of sp³-hybridized carbons (Fsp3) is 0.364. The van der Waals surface area contributed by atoms with E-state index in [0.29, 0.717) is 0 Å². The van der Waals surface area contributed by atoms with Crippen LogP contribution in [0.2, 0.25) is 0 Å². The molecule has 0 saturated heterocycles. The van der Waals surface area contributed by atoms with Gasteiger partial charge in [-0.25, -0.2) is 9.97 Å². The van der Waals surface area contributed by atoms with Crippen molar-refractivity contribution >= 4 is 39.3 Å². The largest absolute Gasteiger partial charge is 0.468 e. The second-order valence-electron chi connectivity index (χ2n) is 3.33. The van der Waals surface area contributed by atoms with Gasteiger partial charge in [0.05, 0.1) is 12.9 Å². The van der Waals surface area contributed by atoms with Gasteiger partial charge in [0, 0.05) is 10.3 Å². The number of fused-ring (bicyclic) bond motifs is 1. The second kappa shape index (κ2) is 5.46. The molecule has 0 radical (unpaired) electrons. The van der Waals surface area contributed by atoms with E-state index in [4.69, 9.17) is 0 Å². The van der Waals surface area contributed by atoms with Crippen molar-refractivity contribution in [2.75, 3.05) is 12.9 Å². The summed E-state index contributed by atoms with van der Waals surface area (Å²) < 4.78 is 4.61. The van der Waals surface area contributed by atoms with Crippen molar-refractivity contribution in [2.45, 2.75) is 18.4 Å². The van der Waals surface area contributed by atoms with E-state index in [1.807, 2.05) is 0 Å². The van der Waals surface area contributed by atoms with Crippen LogP contribution >= 0.6 is 23.1 Å². The molecule has 4 nitrogen and oxygen atoms in total. The number of carbonyl (C=O) groups excluding carboxylic acids is 1. The van der Waals surface area contributed by atoms with E-state index in [-0.39, 0.29) is 11.7 Å². The van der Waals surface area contributed by atoms with Crippen molar-refractivity contribution in [2.24, 2.45) is 0 Å². The summed E-state index contributed by atoms with van der Waals surface area (Å²) in [7, 11) is 1.39. The highest BCUT2D eigenvalue weighted by molar-refractivity contribution is 8.00. The van der Waals surface area contributed by atoms with Crippen molar-refractivity contribution < 1.29 is 9.53 Å². The van der Waals surface area contributed by atoms with Crippen LogP contribution in [0.1, 0.15) is 11.8 Å². The number of rotatable bonds is 4. The van der Waals surface area contributed by atoms with Crippen LogP contribution in [0.4, 0.5) is 0 Å². The Morgan fingerprint density at radius 2 is 2.35 bits per heavy atom. The monoisotopic (exact) mass is 268 g/mol. The first-order chi connectivity index (χ1) is 8.24. The molecular weight excluding hydrogens is 256 g/mol. The van der Waals surface area contributed by atoms with Crippen molar-refractivity contribution in [3.05, 3.63) is 17.3 Å². The summed E-state index contributed by atoms with van der Waals surface area (Å²) in [5, 5.41) is 1.87. The first-order valence-electron chi connectivity index (χ1n) is 5.17. The van der Waals surface area contributed by atoms with Gasteiger partial charge in [0.2, 0.25) is 0 Å². The average Bonchev–Trinajstić information content (AvgIpc) is 2.79. The molecule has 2 heterocycles. The second-order valence-corrected chi connectivity index (χ2v) is 5.41. The molecule has 0 atom stereocenters. The van der Waals surface area contributed by atoms with Gasteiger partial charge in [-0.1, -0.05) is 18.7 Å². The zero-order valence-corrected chi connectivity index (χ0v) is 11.2. The predicted molar refractivity (Wildman–Crippen MR) is 69.5 cm³/mol. The number of nitrogens with zero attached hydrogens (tertiary/aromatic N) is 2. The number of thioether (sulfide) groups is 1. The first-order valence-corrected chi connectivity index (χ1v) is 6.97. The normalized spacial score (nSPS) is 10.7. The highest BCUT2D eigenvalue weighted by atomic mass is 32.2. The van der Waals surface area contributed by atoms with Gasteiger partial charge in [-0.2, -0.15) is 0 Å². The van der Waals surface area contributed by atoms with Gasteiger partial charge in [0.25, 0.3) is 0 Å². The van der Waals surface area contributed by atoms with Gasteiger partial charge in [-0.15, -0.1) is 11.3 Å². The number of thiophene rings is 1. The Kier molecular flexibility index (Phi) is 3.96. The smallest absolute Gasteiger partial charge is 0.316 e. The molecule has 2 aromatic heterocycles. The molecule has 6 heteroatoms. The minimum atomic E-state index is -0.243. The molecule has 2 rings (SSSR count). The van der Waals surface area contributed by atoms with Crippen molar-refractivity contribution in [3.8, 4) is 0 Å². The summed E-state index contributed by atoms with van der Waals surface area (Å²) in [6.45, 7) is 2.11. The van der Waals surface area contributed by atoms with Crippen molar-refractivity contribution in [3.63, 3.8) is 0 Å². The Morgan fingerprint density at radius 1 is 1.53 bits per heavy atom. The molecule has 0 amide bonds. The van der Waals surface area contributed by atoms with Crippen LogP contribution in [-0.2, 0) is 16.0 Å². The topological polar surface area (TPSA) is 52.1 Å². The van der Waals surface area contributed by atoms with Gasteiger partial charge >= 0.3 is 5.97 Å². The fourth-order valence-electron chi connectivity index (χ4n) is 1.36. The summed E-state index contributed by atoms with van der Waals surface area (Å²) in [6.07, 6.45) is 2.53. The van der Waals surface area contributed by atoms with E-state index in [1.54, 1.807) is 11.3 Å². The highest BCUT2D eigenvalue weighted by Gasteiger charge is 2.10. The Balaban J connectivity index is 2.27. The molecule has 0 aliphatic heterocycles. The standard InChI is InChI=1S/C11H12N2O2S2/c1-3-7-4-8-10(16-5-9(14)15-2)12-6-13-11(8)17-7/h4,6H,3,5H2,1-2H3. The maximum atomic E-state index is 11.1. The lowest BCUT2D eigenvalue weighted by atomic mass is 10.3. The molecule has 0 fully saturated rings. The third-order valence-electron chi connectivity index (χ3n) is 2.25. The third-order valence-corrected chi connectivity index (χ3v) is 4.41. The maximum absolute atomic E-state index is 11.1. The van der Waals surface area contributed by atoms with Crippen LogP contribution in [0.15, 0.2) is 17.4 Å². The molecule has 0 bridgehead atoms. The molecule has 0 spiro atoms. The van der Waals surface area contributed by atoms with E-state index in [9.17, 15) is 4.79 Å². The Morgan fingerprint density at radius 3 is 3.06 bits per heavy atom. The summed E-state index contributed by atoms with van der Waals surface area (Å²) in [5.41, 5.74) is 0. The van der Waals surface area contributed by atoms with E-state index in [0.717, 1.165) is 21.7 Å². The van der Waals surface area contributed by atoms with Gasteiger partial charge in [0.15, 0.2) is 0 Å². The van der Waals surface area contributed by atoms with Crippen molar-refractivity contribution in [1.82, 2.24) is 9.97 Å². The number of aryl methyl sites for hydroxylation is 1. The molecule has 0 aliphatic carbocycles. The summed E-state index contributed by atoms with van der Waals surface area (Å²) in [5.74, 6) is 0.0348. The average molecular weight is 268 g/mol. The van der Waals surface area contributed by atoms with Crippen LogP contribution in [0.5, 0.6) is 0 Å². The van der Waals surface area contributed by atoms with Gasteiger partial charge in [0.1, 0.15) is 16.2 Å². The molecule has 2 aromatic rings. The SMILES string of the molecule is CCc1cc2c(SCC(=O)OC)ncnc2s1. The Hall–Kier alpha value is -1.14. The summed E-state index contributed by atoms with van der Waals surface area (Å²) in [6, 6.07) is 2.10. The molecule has 0 N–H and O–H groups in total. The molecule has 0 aromatic carbocycles. The van der Waals surface area contributed by atoms with Crippen LogP contribution in [-0.4, -0.2) is 28.8 Å². The Bertz CT molecular complexity index is 539. The van der Waals surface area contributed by atoms with E-state index in [1.165, 1.54) is 30.1 Å². The van der Waals surface area contributed by atoms with Gasteiger partial charge in [-0.3, -0.25) is 4.79 Å². The molecule has 90 valence electrons. The van der Waals surface area contributed by atoms with Gasteiger partial charge < -0.3 is 4.74 Å². The lowest BCUT2D eigenvalue weighted by molar-refractivity contribution is -0.137. The minimum Gasteiger partial charge on any atom is -0.468 e. The molecule has 0 unspecified atom stereocenters.